The van der Waals surface area contributed by atoms with Crippen LogP contribution in [0.4, 0.5) is 0 Å². The molecule has 1 amide bonds. The van der Waals surface area contributed by atoms with E-state index in [0.717, 1.165) is 36.5 Å². The smallest absolute Gasteiger partial charge is 0.230 e. The summed E-state index contributed by atoms with van der Waals surface area (Å²) in [7, 11) is 0. The normalized spacial score (nSPS) is 15.8. The van der Waals surface area contributed by atoms with Crippen molar-refractivity contribution in [3.05, 3.63) is 71.5 Å². The van der Waals surface area contributed by atoms with Crippen LogP contribution < -0.4 is 5.32 Å². The minimum absolute atomic E-state index is 0.0324. The Labute approximate surface area is 169 Å². The van der Waals surface area contributed by atoms with Gasteiger partial charge in [0, 0.05) is 0 Å². The summed E-state index contributed by atoms with van der Waals surface area (Å²) in [6.45, 7) is 2.13. The molecule has 0 radical (unpaired) electrons. The SMILES string of the molecule is CCc1ccccc1-n1cnnc1SCC(=O)NC1CCCc2ccccc21. The van der Waals surface area contributed by atoms with Gasteiger partial charge in [0.05, 0.1) is 17.5 Å². The number of aryl methyl sites for hydroxylation is 2. The lowest BCUT2D eigenvalue weighted by atomic mass is 9.88. The van der Waals surface area contributed by atoms with E-state index in [9.17, 15) is 4.79 Å². The molecule has 1 aliphatic rings. The maximum Gasteiger partial charge on any atom is 0.230 e. The van der Waals surface area contributed by atoms with Crippen LogP contribution in [-0.4, -0.2) is 26.4 Å². The van der Waals surface area contributed by atoms with Crippen LogP contribution in [0.15, 0.2) is 60.0 Å². The van der Waals surface area contributed by atoms with Gasteiger partial charge in [-0.15, -0.1) is 10.2 Å². The fourth-order valence-electron chi connectivity index (χ4n) is 3.80. The second kappa shape index (κ2) is 8.61. The molecule has 1 unspecified atom stereocenters. The maximum atomic E-state index is 12.6. The van der Waals surface area contributed by atoms with Gasteiger partial charge < -0.3 is 5.32 Å². The van der Waals surface area contributed by atoms with E-state index in [1.54, 1.807) is 6.33 Å². The molecular weight excluding hydrogens is 368 g/mol. The first-order valence-electron chi connectivity index (χ1n) is 9.74. The Morgan fingerprint density at radius 2 is 2.04 bits per heavy atom. The molecule has 1 atom stereocenters. The number of rotatable bonds is 6. The highest BCUT2D eigenvalue weighted by molar-refractivity contribution is 7.99. The van der Waals surface area contributed by atoms with Crippen molar-refractivity contribution in [3.8, 4) is 5.69 Å². The molecule has 2 aromatic carbocycles. The van der Waals surface area contributed by atoms with Crippen LogP contribution in [0.5, 0.6) is 0 Å². The summed E-state index contributed by atoms with van der Waals surface area (Å²) < 4.78 is 1.96. The fraction of sp³-hybridized carbons (Fsp3) is 0.318. The molecule has 0 spiro atoms. The summed E-state index contributed by atoms with van der Waals surface area (Å²) >= 11 is 1.42. The minimum atomic E-state index is 0.0324. The molecule has 0 fully saturated rings. The number of nitrogens with zero attached hydrogens (tertiary/aromatic N) is 3. The largest absolute Gasteiger partial charge is 0.349 e. The van der Waals surface area contributed by atoms with Crippen LogP contribution in [0.2, 0.25) is 0 Å². The molecule has 5 nitrogen and oxygen atoms in total. The highest BCUT2D eigenvalue weighted by Gasteiger charge is 2.21. The van der Waals surface area contributed by atoms with E-state index in [1.807, 2.05) is 22.8 Å². The van der Waals surface area contributed by atoms with Gasteiger partial charge in [0.25, 0.3) is 0 Å². The lowest BCUT2D eigenvalue weighted by Gasteiger charge is -2.26. The van der Waals surface area contributed by atoms with Crippen molar-refractivity contribution >= 4 is 17.7 Å². The van der Waals surface area contributed by atoms with E-state index in [4.69, 9.17) is 0 Å². The number of aromatic nitrogens is 3. The average Bonchev–Trinajstić information content (AvgIpc) is 3.21. The Balaban J connectivity index is 1.42. The van der Waals surface area contributed by atoms with Crippen molar-refractivity contribution < 1.29 is 4.79 Å². The number of carbonyl (C=O) groups is 1. The number of fused-ring (bicyclic) bond motifs is 1. The highest BCUT2D eigenvalue weighted by atomic mass is 32.2. The van der Waals surface area contributed by atoms with Gasteiger partial charge in [-0.05, 0) is 48.4 Å². The fourth-order valence-corrected chi connectivity index (χ4v) is 4.54. The van der Waals surface area contributed by atoms with Gasteiger partial charge in [-0.2, -0.15) is 0 Å². The molecule has 6 heteroatoms. The molecule has 1 aliphatic carbocycles. The van der Waals surface area contributed by atoms with Gasteiger partial charge in [-0.3, -0.25) is 9.36 Å². The van der Waals surface area contributed by atoms with E-state index in [0.29, 0.717) is 5.75 Å². The third kappa shape index (κ3) is 3.97. The molecule has 0 saturated heterocycles. The first-order valence-corrected chi connectivity index (χ1v) is 10.7. The summed E-state index contributed by atoms with van der Waals surface area (Å²) in [5, 5.41) is 12.2. The van der Waals surface area contributed by atoms with Gasteiger partial charge in [0.2, 0.25) is 5.91 Å². The van der Waals surface area contributed by atoms with Crippen molar-refractivity contribution in [2.45, 2.75) is 43.8 Å². The van der Waals surface area contributed by atoms with E-state index in [-0.39, 0.29) is 11.9 Å². The molecule has 1 aromatic heterocycles. The zero-order valence-electron chi connectivity index (χ0n) is 16.0. The number of benzene rings is 2. The van der Waals surface area contributed by atoms with Crippen molar-refractivity contribution in [2.24, 2.45) is 0 Å². The zero-order chi connectivity index (χ0) is 19.3. The van der Waals surface area contributed by atoms with Crippen molar-refractivity contribution in [2.75, 3.05) is 5.75 Å². The van der Waals surface area contributed by atoms with Gasteiger partial charge in [-0.1, -0.05) is 61.2 Å². The quantitative estimate of drug-likeness (QED) is 0.641. The van der Waals surface area contributed by atoms with Gasteiger partial charge in [-0.25, -0.2) is 0 Å². The minimum Gasteiger partial charge on any atom is -0.349 e. The first-order chi connectivity index (χ1) is 13.8. The lowest BCUT2D eigenvalue weighted by molar-refractivity contribution is -0.119. The summed E-state index contributed by atoms with van der Waals surface area (Å²) in [6.07, 6.45) is 5.84. The average molecular weight is 393 g/mol. The zero-order valence-corrected chi connectivity index (χ0v) is 16.8. The first kappa shape index (κ1) is 18.7. The number of hydrogen-bond acceptors (Lipinski definition) is 4. The van der Waals surface area contributed by atoms with Crippen molar-refractivity contribution in [3.63, 3.8) is 0 Å². The molecule has 4 rings (SSSR count). The molecule has 144 valence electrons. The number of amides is 1. The van der Waals surface area contributed by atoms with Crippen LogP contribution >= 0.6 is 11.8 Å². The maximum absolute atomic E-state index is 12.6. The lowest BCUT2D eigenvalue weighted by Crippen LogP contribution is -2.32. The molecule has 0 saturated carbocycles. The van der Waals surface area contributed by atoms with Crippen LogP contribution in [0.25, 0.3) is 5.69 Å². The van der Waals surface area contributed by atoms with Crippen molar-refractivity contribution in [1.82, 2.24) is 20.1 Å². The highest BCUT2D eigenvalue weighted by Crippen LogP contribution is 2.29. The van der Waals surface area contributed by atoms with E-state index < -0.39 is 0 Å². The van der Waals surface area contributed by atoms with Gasteiger partial charge >= 0.3 is 0 Å². The monoisotopic (exact) mass is 392 g/mol. The Kier molecular flexibility index (Phi) is 5.76. The van der Waals surface area contributed by atoms with Crippen LogP contribution in [-0.2, 0) is 17.6 Å². The standard InChI is InChI=1S/C22H24N4OS/c1-2-16-8-4-6-13-20(16)26-15-23-25-22(26)28-14-21(27)24-19-12-7-10-17-9-3-5-11-18(17)19/h3-6,8-9,11,13,15,19H,2,7,10,12,14H2,1H3,(H,24,27). The second-order valence-corrected chi connectivity index (χ2v) is 7.91. The summed E-state index contributed by atoms with van der Waals surface area (Å²) in [4.78, 5) is 12.6. The van der Waals surface area contributed by atoms with E-state index in [2.05, 4.69) is 52.8 Å². The molecule has 3 aromatic rings. The number of hydrogen-bond donors (Lipinski definition) is 1. The molecule has 1 heterocycles. The summed E-state index contributed by atoms with van der Waals surface area (Å²) in [5.41, 5.74) is 4.90. The number of thioether (sulfide) groups is 1. The summed E-state index contributed by atoms with van der Waals surface area (Å²) in [5.74, 6) is 0.357. The predicted octanol–water partition coefficient (Wildman–Crippen LogP) is 4.12. The Bertz CT molecular complexity index is 968. The van der Waals surface area contributed by atoms with Crippen LogP contribution in [0.1, 0.15) is 42.5 Å². The van der Waals surface area contributed by atoms with E-state index >= 15 is 0 Å². The van der Waals surface area contributed by atoms with Gasteiger partial charge in [0.15, 0.2) is 5.16 Å². The number of nitrogens with one attached hydrogen (secondary N) is 1. The van der Waals surface area contributed by atoms with Crippen LogP contribution in [0, 0.1) is 0 Å². The third-order valence-electron chi connectivity index (χ3n) is 5.19. The Morgan fingerprint density at radius 1 is 1.21 bits per heavy atom. The summed E-state index contributed by atoms with van der Waals surface area (Å²) in [6, 6.07) is 16.7. The molecule has 0 bridgehead atoms. The molecule has 1 N–H and O–H groups in total. The molecule has 0 aliphatic heterocycles. The Morgan fingerprint density at radius 3 is 2.93 bits per heavy atom. The van der Waals surface area contributed by atoms with Gasteiger partial charge in [0.1, 0.15) is 6.33 Å². The topological polar surface area (TPSA) is 59.8 Å². The van der Waals surface area contributed by atoms with Crippen molar-refractivity contribution in [1.29, 1.82) is 0 Å². The second-order valence-electron chi connectivity index (χ2n) is 6.97. The van der Waals surface area contributed by atoms with E-state index in [1.165, 1.54) is 28.5 Å². The number of carbonyl (C=O) groups excluding carboxylic acids is 1. The van der Waals surface area contributed by atoms with Crippen LogP contribution in [0.3, 0.4) is 0 Å². The third-order valence-corrected chi connectivity index (χ3v) is 6.13. The predicted molar refractivity (Wildman–Crippen MR) is 112 cm³/mol. The Hall–Kier alpha value is -2.60. The molecular formula is C22H24N4OS. The molecule has 28 heavy (non-hydrogen) atoms. The number of para-hydroxylation sites is 1.